The Labute approximate surface area is 181 Å². The van der Waals surface area contributed by atoms with Gasteiger partial charge in [-0.05, 0) is 0 Å². The van der Waals surface area contributed by atoms with Gasteiger partial charge in [0.15, 0.2) is 0 Å². The zero-order valence-corrected chi connectivity index (χ0v) is 18.4. The molecule has 8 amide bonds. The smallest absolute Gasteiger partial charge is 0.320 e. The van der Waals surface area contributed by atoms with Crippen LogP contribution in [-0.4, -0.2) is 121 Å². The van der Waals surface area contributed by atoms with Crippen LogP contribution in [0.1, 0.15) is 0 Å². The zero-order valence-electron chi connectivity index (χ0n) is 16.7. The molecule has 4 heterocycles. The SMILES string of the molecule is O=C1NCCN1C[P+](CN1CCNC1=O)(CN1CCNC1=O)CN1CCNC1=O.[Cl-]. The highest BCUT2D eigenvalue weighted by Gasteiger charge is 2.50. The van der Waals surface area contributed by atoms with Crippen molar-refractivity contribution < 1.29 is 31.6 Å². The van der Waals surface area contributed by atoms with E-state index >= 15 is 0 Å². The fourth-order valence-corrected chi connectivity index (χ4v) is 8.81. The van der Waals surface area contributed by atoms with Crippen molar-refractivity contribution in [2.45, 2.75) is 0 Å². The first-order valence-electron chi connectivity index (χ1n) is 9.92. The summed E-state index contributed by atoms with van der Waals surface area (Å²) < 4.78 is 0. The topological polar surface area (TPSA) is 129 Å². The van der Waals surface area contributed by atoms with Crippen LogP contribution in [0.4, 0.5) is 19.2 Å². The summed E-state index contributed by atoms with van der Waals surface area (Å²) >= 11 is 0. The molecule has 0 bridgehead atoms. The minimum atomic E-state index is -2.18. The second-order valence-corrected chi connectivity index (χ2v) is 11.7. The quantitative estimate of drug-likeness (QED) is 0.273. The number of hydrogen-bond donors (Lipinski definition) is 4. The monoisotopic (exact) mass is 462 g/mol. The van der Waals surface area contributed by atoms with E-state index in [1.54, 1.807) is 19.6 Å². The van der Waals surface area contributed by atoms with E-state index in [0.29, 0.717) is 77.5 Å². The Morgan fingerprint density at radius 3 is 0.933 bits per heavy atom. The maximum atomic E-state index is 12.3. The molecule has 0 aromatic rings. The molecule has 4 fully saturated rings. The van der Waals surface area contributed by atoms with Gasteiger partial charge in [0.05, 0.1) is 7.26 Å². The van der Waals surface area contributed by atoms with Gasteiger partial charge in [-0.3, -0.25) is 19.6 Å². The largest absolute Gasteiger partial charge is 1.00 e. The molecule has 0 saturated carbocycles. The standard InChI is InChI=1S/C16H27N8O4P.ClH/c25-13-17-1-5-21(13)9-29(10-22-6-2-18-14(22)26,11-23-7-3-19-15(23)27)12-24-8-4-20-16(24)28;/h1-12H2,(H3-,17,18,19,20,25,26,27,28);1H. The number of urea groups is 4. The van der Waals surface area contributed by atoms with Crippen molar-refractivity contribution in [3.05, 3.63) is 0 Å². The van der Waals surface area contributed by atoms with Gasteiger partial charge in [0.2, 0.25) is 0 Å². The van der Waals surface area contributed by atoms with Crippen LogP contribution in [0.2, 0.25) is 0 Å². The van der Waals surface area contributed by atoms with Crippen molar-refractivity contribution >= 4 is 31.4 Å². The zero-order chi connectivity index (χ0) is 20.4. The first-order chi connectivity index (χ1) is 14.0. The molecule has 30 heavy (non-hydrogen) atoms. The molecule has 4 N–H and O–H groups in total. The van der Waals surface area contributed by atoms with E-state index in [9.17, 15) is 19.2 Å². The van der Waals surface area contributed by atoms with Crippen LogP contribution in [0.3, 0.4) is 0 Å². The summed E-state index contributed by atoms with van der Waals surface area (Å²) in [4.78, 5) is 56.3. The average molecular weight is 463 g/mol. The van der Waals surface area contributed by atoms with Crippen LogP contribution in [0.15, 0.2) is 0 Å². The maximum Gasteiger partial charge on any atom is 0.320 e. The van der Waals surface area contributed by atoms with Crippen LogP contribution in [0, 0.1) is 0 Å². The Bertz CT molecular complexity index is 595. The van der Waals surface area contributed by atoms with Crippen molar-refractivity contribution in [1.82, 2.24) is 40.9 Å². The number of carbonyl (C=O) groups is 4. The summed E-state index contributed by atoms with van der Waals surface area (Å²) in [6.45, 7) is 4.68. The third kappa shape index (κ3) is 4.75. The number of carbonyl (C=O) groups excluding carboxylic acids is 4. The highest BCUT2D eigenvalue weighted by molar-refractivity contribution is 7.75. The van der Waals surface area contributed by atoms with Gasteiger partial charge in [0.1, 0.15) is 25.1 Å². The fourth-order valence-electron chi connectivity index (χ4n) is 4.30. The highest BCUT2D eigenvalue weighted by Crippen LogP contribution is 2.61. The third-order valence-electron chi connectivity index (χ3n) is 5.66. The molecule has 4 rings (SSSR count). The molecule has 0 radical (unpaired) electrons. The van der Waals surface area contributed by atoms with E-state index in [0.717, 1.165) is 0 Å². The van der Waals surface area contributed by atoms with Gasteiger partial charge < -0.3 is 33.7 Å². The second-order valence-electron chi connectivity index (χ2n) is 7.89. The summed E-state index contributed by atoms with van der Waals surface area (Å²) in [5.41, 5.74) is 0. The molecular formula is C16H28ClN8O4P. The summed E-state index contributed by atoms with van der Waals surface area (Å²) in [5, 5.41) is 11.3. The van der Waals surface area contributed by atoms with E-state index in [4.69, 9.17) is 0 Å². The van der Waals surface area contributed by atoms with Crippen molar-refractivity contribution in [3.63, 3.8) is 0 Å². The van der Waals surface area contributed by atoms with Gasteiger partial charge in [-0.15, -0.1) is 0 Å². The van der Waals surface area contributed by atoms with Crippen molar-refractivity contribution in [1.29, 1.82) is 0 Å². The molecule has 0 unspecified atom stereocenters. The minimum absolute atomic E-state index is 0. The predicted octanol–water partition coefficient (Wildman–Crippen LogP) is -4.06. The molecule has 0 aliphatic carbocycles. The van der Waals surface area contributed by atoms with Crippen molar-refractivity contribution in [2.24, 2.45) is 0 Å². The Hall–Kier alpha value is -2.20. The predicted molar refractivity (Wildman–Crippen MR) is 107 cm³/mol. The first-order valence-corrected chi connectivity index (χ1v) is 12.4. The molecule has 0 aromatic heterocycles. The van der Waals surface area contributed by atoms with E-state index in [1.165, 1.54) is 0 Å². The summed E-state index contributed by atoms with van der Waals surface area (Å²) in [5.74, 6) is 0. The Morgan fingerprint density at radius 2 is 0.767 bits per heavy atom. The van der Waals surface area contributed by atoms with Crippen LogP contribution in [0.25, 0.3) is 0 Å². The Balaban J connectivity index is 0.00000256. The number of hydrogen-bond acceptors (Lipinski definition) is 4. The van der Waals surface area contributed by atoms with Crippen LogP contribution in [0.5, 0.6) is 0 Å². The summed E-state index contributed by atoms with van der Waals surface area (Å²) in [6.07, 6.45) is 1.87. The van der Waals surface area contributed by atoms with Crippen LogP contribution >= 0.6 is 7.26 Å². The van der Waals surface area contributed by atoms with Gasteiger partial charge >= 0.3 is 24.1 Å². The molecule has 14 heteroatoms. The van der Waals surface area contributed by atoms with Gasteiger partial charge in [-0.2, -0.15) is 0 Å². The molecule has 0 aromatic carbocycles. The molecule has 12 nitrogen and oxygen atoms in total. The summed E-state index contributed by atoms with van der Waals surface area (Å²) in [6, 6.07) is -0.511. The van der Waals surface area contributed by atoms with Gasteiger partial charge in [-0.1, -0.05) is 0 Å². The number of halogens is 1. The minimum Gasteiger partial charge on any atom is -1.00 e. The molecular weight excluding hydrogens is 435 g/mol. The van der Waals surface area contributed by atoms with Crippen molar-refractivity contribution in [3.8, 4) is 0 Å². The van der Waals surface area contributed by atoms with E-state index < -0.39 is 7.26 Å². The first kappa shape index (κ1) is 22.5. The lowest BCUT2D eigenvalue weighted by Gasteiger charge is -2.37. The van der Waals surface area contributed by atoms with Gasteiger partial charge in [0, 0.05) is 52.4 Å². The number of rotatable bonds is 8. The lowest BCUT2D eigenvalue weighted by molar-refractivity contribution is -0.0000191. The van der Waals surface area contributed by atoms with Gasteiger partial charge in [0.25, 0.3) is 0 Å². The third-order valence-corrected chi connectivity index (χ3v) is 9.43. The van der Waals surface area contributed by atoms with E-state index in [1.807, 2.05) is 0 Å². The van der Waals surface area contributed by atoms with E-state index in [-0.39, 0.29) is 36.5 Å². The highest BCUT2D eigenvalue weighted by atomic mass is 35.5. The second kappa shape index (κ2) is 9.30. The number of amides is 8. The van der Waals surface area contributed by atoms with Crippen LogP contribution < -0.4 is 33.7 Å². The lowest BCUT2D eigenvalue weighted by atomic mass is 10.6. The number of nitrogens with one attached hydrogen (secondary N) is 4. The average Bonchev–Trinajstić information content (AvgIpc) is 3.45. The van der Waals surface area contributed by atoms with Crippen molar-refractivity contribution in [2.75, 3.05) is 77.5 Å². The molecule has 4 aliphatic rings. The number of nitrogens with zero attached hydrogens (tertiary/aromatic N) is 4. The Kier molecular flexibility index (Phi) is 6.97. The van der Waals surface area contributed by atoms with E-state index in [2.05, 4.69) is 21.3 Å². The van der Waals surface area contributed by atoms with Gasteiger partial charge in [-0.25, -0.2) is 19.2 Å². The molecule has 4 aliphatic heterocycles. The normalized spacial score (nSPS) is 21.6. The fraction of sp³-hybridized carbons (Fsp3) is 0.750. The van der Waals surface area contributed by atoms with Crippen LogP contribution in [-0.2, 0) is 0 Å². The Morgan fingerprint density at radius 1 is 0.533 bits per heavy atom. The molecule has 4 saturated heterocycles. The lowest BCUT2D eigenvalue weighted by Crippen LogP contribution is -3.00. The molecule has 0 spiro atoms. The molecule has 0 atom stereocenters. The summed E-state index contributed by atoms with van der Waals surface area (Å²) in [7, 11) is -2.18. The maximum absolute atomic E-state index is 12.3. The molecule has 168 valence electrons.